The summed E-state index contributed by atoms with van der Waals surface area (Å²) in [5.41, 5.74) is 7.90. The van der Waals surface area contributed by atoms with Gasteiger partial charge in [-0.1, -0.05) is 6.92 Å². The molecular formula is C13H16BrN3. The van der Waals surface area contributed by atoms with Crippen LogP contribution in [0.4, 0.5) is 5.69 Å². The van der Waals surface area contributed by atoms with Gasteiger partial charge in [-0.3, -0.25) is 0 Å². The lowest BCUT2D eigenvalue weighted by Crippen LogP contribution is -2.47. The molecule has 0 aliphatic carbocycles. The largest absolute Gasteiger partial charge is 0.370 e. The van der Waals surface area contributed by atoms with Gasteiger partial charge in [0.05, 0.1) is 5.56 Å². The van der Waals surface area contributed by atoms with Gasteiger partial charge in [-0.2, -0.15) is 5.26 Å². The van der Waals surface area contributed by atoms with Crippen molar-refractivity contribution < 1.29 is 0 Å². The molecule has 1 aromatic carbocycles. The third-order valence-electron chi connectivity index (χ3n) is 3.45. The second kappa shape index (κ2) is 5.07. The number of anilines is 1. The summed E-state index contributed by atoms with van der Waals surface area (Å²) in [5, 5.41) is 8.88. The quantitative estimate of drug-likeness (QED) is 0.865. The van der Waals surface area contributed by atoms with Gasteiger partial charge in [0.2, 0.25) is 0 Å². The molecule has 0 aromatic heterocycles. The van der Waals surface area contributed by atoms with Crippen LogP contribution < -0.4 is 10.6 Å². The molecule has 0 radical (unpaired) electrons. The molecule has 1 aliphatic rings. The Morgan fingerprint density at radius 3 is 2.88 bits per heavy atom. The van der Waals surface area contributed by atoms with Crippen molar-refractivity contribution in [1.82, 2.24) is 0 Å². The fraction of sp³-hybridized carbons (Fsp3) is 0.462. The Kier molecular flexibility index (Phi) is 3.70. The van der Waals surface area contributed by atoms with Gasteiger partial charge in [-0.25, -0.2) is 0 Å². The van der Waals surface area contributed by atoms with E-state index in [0.29, 0.717) is 11.5 Å². The molecule has 1 aliphatic heterocycles. The first-order valence-corrected chi connectivity index (χ1v) is 6.61. The van der Waals surface area contributed by atoms with Crippen molar-refractivity contribution in [2.24, 2.45) is 11.7 Å². The maximum absolute atomic E-state index is 8.88. The number of nitriles is 1. The predicted molar refractivity (Wildman–Crippen MR) is 72.8 cm³/mol. The normalized spacial score (nSPS) is 24.5. The fourth-order valence-electron chi connectivity index (χ4n) is 2.13. The molecule has 0 amide bonds. The lowest BCUT2D eigenvalue weighted by atomic mass is 9.94. The Balaban J connectivity index is 2.18. The van der Waals surface area contributed by atoms with Crippen LogP contribution in [0.2, 0.25) is 0 Å². The molecule has 2 N–H and O–H groups in total. The molecule has 2 unspecified atom stereocenters. The van der Waals surface area contributed by atoms with Crippen molar-refractivity contribution >= 4 is 21.6 Å². The van der Waals surface area contributed by atoms with Gasteiger partial charge >= 0.3 is 0 Å². The first-order chi connectivity index (χ1) is 8.11. The number of hydrogen-bond acceptors (Lipinski definition) is 3. The second-order valence-corrected chi connectivity index (χ2v) is 5.51. The van der Waals surface area contributed by atoms with E-state index in [-0.39, 0.29) is 6.04 Å². The van der Waals surface area contributed by atoms with E-state index in [9.17, 15) is 0 Å². The zero-order chi connectivity index (χ0) is 12.4. The summed E-state index contributed by atoms with van der Waals surface area (Å²) in [5.74, 6) is 0.591. The van der Waals surface area contributed by atoms with Gasteiger partial charge in [0, 0.05) is 29.3 Å². The van der Waals surface area contributed by atoms with Crippen molar-refractivity contribution in [2.45, 2.75) is 19.4 Å². The van der Waals surface area contributed by atoms with E-state index in [1.165, 1.54) is 0 Å². The number of halogens is 1. The maximum atomic E-state index is 8.88. The van der Waals surface area contributed by atoms with Crippen LogP contribution in [0.1, 0.15) is 18.9 Å². The lowest BCUT2D eigenvalue weighted by Gasteiger charge is -2.36. The zero-order valence-electron chi connectivity index (χ0n) is 9.86. The van der Waals surface area contributed by atoms with E-state index in [0.717, 1.165) is 29.7 Å². The molecule has 2 rings (SSSR count). The van der Waals surface area contributed by atoms with Gasteiger partial charge in [0.25, 0.3) is 0 Å². The number of hydrogen-bond donors (Lipinski definition) is 1. The Hall–Kier alpha value is -1.05. The van der Waals surface area contributed by atoms with Crippen LogP contribution in [0.15, 0.2) is 22.7 Å². The number of piperidine rings is 1. The smallest absolute Gasteiger partial charge is 0.100 e. The van der Waals surface area contributed by atoms with Crippen LogP contribution in [-0.4, -0.2) is 19.1 Å². The lowest BCUT2D eigenvalue weighted by molar-refractivity contribution is 0.379. The number of benzene rings is 1. The Morgan fingerprint density at radius 2 is 2.29 bits per heavy atom. The molecule has 1 aromatic rings. The topological polar surface area (TPSA) is 53.0 Å². The number of nitrogens with zero attached hydrogens (tertiary/aromatic N) is 2. The molecule has 3 nitrogen and oxygen atoms in total. The SMILES string of the molecule is CC1CCN(c2ccc(C#N)c(Br)c2)CC1N. The summed E-state index contributed by atoms with van der Waals surface area (Å²) >= 11 is 3.42. The summed E-state index contributed by atoms with van der Waals surface area (Å²) in [4.78, 5) is 2.29. The summed E-state index contributed by atoms with van der Waals surface area (Å²) in [7, 11) is 0. The summed E-state index contributed by atoms with van der Waals surface area (Å²) in [6, 6.07) is 8.23. The molecule has 1 heterocycles. The molecule has 90 valence electrons. The van der Waals surface area contributed by atoms with E-state index in [1.54, 1.807) is 0 Å². The van der Waals surface area contributed by atoms with Gasteiger partial charge < -0.3 is 10.6 Å². The minimum absolute atomic E-state index is 0.234. The highest BCUT2D eigenvalue weighted by atomic mass is 79.9. The molecule has 0 spiro atoms. The van der Waals surface area contributed by atoms with Crippen LogP contribution in [0.5, 0.6) is 0 Å². The highest BCUT2D eigenvalue weighted by Gasteiger charge is 2.23. The summed E-state index contributed by atoms with van der Waals surface area (Å²) in [6.07, 6.45) is 1.12. The summed E-state index contributed by atoms with van der Waals surface area (Å²) in [6.45, 7) is 4.13. The van der Waals surface area contributed by atoms with Crippen LogP contribution in [-0.2, 0) is 0 Å². The van der Waals surface area contributed by atoms with Crippen LogP contribution in [0.25, 0.3) is 0 Å². The van der Waals surface area contributed by atoms with Crippen molar-refractivity contribution in [1.29, 1.82) is 5.26 Å². The van der Waals surface area contributed by atoms with E-state index in [1.807, 2.05) is 18.2 Å². The number of nitrogens with two attached hydrogens (primary N) is 1. The first kappa shape index (κ1) is 12.4. The van der Waals surface area contributed by atoms with E-state index < -0.39 is 0 Å². The Labute approximate surface area is 110 Å². The fourth-order valence-corrected chi connectivity index (χ4v) is 2.58. The zero-order valence-corrected chi connectivity index (χ0v) is 11.4. The molecule has 1 saturated heterocycles. The van der Waals surface area contributed by atoms with Crippen molar-refractivity contribution in [2.75, 3.05) is 18.0 Å². The van der Waals surface area contributed by atoms with Gasteiger partial charge in [0.15, 0.2) is 0 Å². The minimum Gasteiger partial charge on any atom is -0.370 e. The van der Waals surface area contributed by atoms with Crippen molar-refractivity contribution in [3.05, 3.63) is 28.2 Å². The molecule has 0 saturated carbocycles. The molecule has 17 heavy (non-hydrogen) atoms. The van der Waals surface area contributed by atoms with E-state index in [2.05, 4.69) is 33.8 Å². The molecule has 4 heteroatoms. The maximum Gasteiger partial charge on any atom is 0.100 e. The first-order valence-electron chi connectivity index (χ1n) is 5.82. The standard InChI is InChI=1S/C13H16BrN3/c1-9-4-5-17(8-13(9)16)11-3-2-10(7-15)12(14)6-11/h2-3,6,9,13H,4-5,8,16H2,1H3. The number of rotatable bonds is 1. The third-order valence-corrected chi connectivity index (χ3v) is 4.11. The van der Waals surface area contributed by atoms with Crippen molar-refractivity contribution in [3.8, 4) is 6.07 Å². The van der Waals surface area contributed by atoms with E-state index >= 15 is 0 Å². The molecule has 1 fully saturated rings. The van der Waals surface area contributed by atoms with Gasteiger partial charge in [-0.15, -0.1) is 0 Å². The average Bonchev–Trinajstić information content (AvgIpc) is 2.32. The molecular weight excluding hydrogens is 278 g/mol. The Bertz CT molecular complexity index is 452. The van der Waals surface area contributed by atoms with Crippen LogP contribution >= 0.6 is 15.9 Å². The van der Waals surface area contributed by atoms with Crippen LogP contribution in [0.3, 0.4) is 0 Å². The van der Waals surface area contributed by atoms with Crippen LogP contribution in [0, 0.1) is 17.2 Å². The highest BCUT2D eigenvalue weighted by Crippen LogP contribution is 2.27. The third kappa shape index (κ3) is 2.62. The second-order valence-electron chi connectivity index (χ2n) is 4.65. The highest BCUT2D eigenvalue weighted by molar-refractivity contribution is 9.10. The van der Waals surface area contributed by atoms with Gasteiger partial charge in [0.1, 0.15) is 6.07 Å². The predicted octanol–water partition coefficient (Wildman–Crippen LogP) is 2.49. The minimum atomic E-state index is 0.234. The average molecular weight is 294 g/mol. The van der Waals surface area contributed by atoms with Gasteiger partial charge in [-0.05, 0) is 46.5 Å². The Morgan fingerprint density at radius 1 is 1.53 bits per heavy atom. The van der Waals surface area contributed by atoms with E-state index in [4.69, 9.17) is 11.0 Å². The molecule has 2 atom stereocenters. The summed E-state index contributed by atoms with van der Waals surface area (Å²) < 4.78 is 0.852. The monoisotopic (exact) mass is 293 g/mol. The molecule has 0 bridgehead atoms. The van der Waals surface area contributed by atoms with Crippen molar-refractivity contribution in [3.63, 3.8) is 0 Å².